The molecule has 2 nitrogen and oxygen atoms in total. The molecule has 0 aliphatic heterocycles. The van der Waals surface area contributed by atoms with Gasteiger partial charge in [0.2, 0.25) is 5.91 Å². The number of aryl methyl sites for hydroxylation is 1. The Kier molecular flexibility index (Phi) is 3.67. The van der Waals surface area contributed by atoms with E-state index in [1.165, 1.54) is 16.7 Å². The van der Waals surface area contributed by atoms with Gasteiger partial charge >= 0.3 is 0 Å². The van der Waals surface area contributed by atoms with Crippen LogP contribution >= 0.6 is 11.6 Å². The number of carbonyl (C=O) groups is 1. The fourth-order valence-corrected chi connectivity index (χ4v) is 3.24. The molecule has 1 amide bonds. The summed E-state index contributed by atoms with van der Waals surface area (Å²) in [6.45, 7) is 4.40. The van der Waals surface area contributed by atoms with Gasteiger partial charge in [-0.25, -0.2) is 0 Å². The Hall–Kier alpha value is -1.02. The molecule has 0 aromatic heterocycles. The van der Waals surface area contributed by atoms with Crippen LogP contribution in [-0.2, 0) is 23.1 Å². The lowest BCUT2D eigenvalue weighted by Gasteiger charge is -2.27. The van der Waals surface area contributed by atoms with E-state index >= 15 is 0 Å². The van der Waals surface area contributed by atoms with Crippen molar-refractivity contribution < 1.29 is 4.79 Å². The normalized spacial score (nSPS) is 20.7. The van der Waals surface area contributed by atoms with Crippen LogP contribution in [0.3, 0.4) is 0 Å². The van der Waals surface area contributed by atoms with Gasteiger partial charge in [0, 0.05) is 12.3 Å². The number of hydrogen-bond acceptors (Lipinski definition) is 1. The largest absolute Gasteiger partial charge is 0.370 e. The molecule has 0 saturated heterocycles. The van der Waals surface area contributed by atoms with E-state index in [1.54, 1.807) is 0 Å². The fourth-order valence-electron chi connectivity index (χ4n) is 3.02. The third-order valence-corrected chi connectivity index (χ3v) is 4.37. The Morgan fingerprint density at radius 1 is 1.50 bits per heavy atom. The van der Waals surface area contributed by atoms with Gasteiger partial charge in [0.25, 0.3) is 0 Å². The van der Waals surface area contributed by atoms with Crippen molar-refractivity contribution >= 4 is 17.5 Å². The highest BCUT2D eigenvalue weighted by molar-refractivity contribution is 6.17. The van der Waals surface area contributed by atoms with E-state index in [9.17, 15) is 4.79 Å². The zero-order valence-corrected chi connectivity index (χ0v) is 11.8. The van der Waals surface area contributed by atoms with E-state index in [-0.39, 0.29) is 11.3 Å². The molecule has 1 aliphatic rings. The first-order valence-electron chi connectivity index (χ1n) is 6.41. The summed E-state index contributed by atoms with van der Waals surface area (Å²) >= 11 is 5.78. The number of alkyl halides is 1. The standard InChI is InChI=1S/C15H20ClNO/c1-15(2)12(9-14(17)18)8-11-7-10(5-6-16)3-4-13(11)15/h3-4,7,12H,5-6,8-9H2,1-2H3,(H2,17,18). The molecular formula is C15H20ClNO. The lowest BCUT2D eigenvalue weighted by molar-refractivity contribution is -0.119. The summed E-state index contributed by atoms with van der Waals surface area (Å²) in [5, 5.41) is 0. The van der Waals surface area contributed by atoms with Crippen LogP contribution in [0, 0.1) is 5.92 Å². The molecule has 2 N–H and O–H groups in total. The van der Waals surface area contributed by atoms with Crippen LogP contribution in [0.25, 0.3) is 0 Å². The molecule has 0 radical (unpaired) electrons. The van der Waals surface area contributed by atoms with Gasteiger partial charge in [-0.15, -0.1) is 11.6 Å². The molecule has 1 unspecified atom stereocenters. The maximum absolute atomic E-state index is 11.2. The van der Waals surface area contributed by atoms with Crippen molar-refractivity contribution in [3.8, 4) is 0 Å². The Morgan fingerprint density at radius 3 is 2.83 bits per heavy atom. The van der Waals surface area contributed by atoms with Crippen LogP contribution in [0.1, 0.15) is 37.0 Å². The van der Waals surface area contributed by atoms with Gasteiger partial charge in [-0.3, -0.25) is 4.79 Å². The number of halogens is 1. The molecule has 0 saturated carbocycles. The summed E-state index contributed by atoms with van der Waals surface area (Å²) in [5.41, 5.74) is 9.37. The Labute approximate surface area is 114 Å². The van der Waals surface area contributed by atoms with E-state index in [0.717, 1.165) is 12.8 Å². The molecule has 1 aromatic rings. The Balaban J connectivity index is 2.30. The molecular weight excluding hydrogens is 246 g/mol. The number of primary amides is 1. The molecule has 2 rings (SSSR count). The topological polar surface area (TPSA) is 43.1 Å². The summed E-state index contributed by atoms with van der Waals surface area (Å²) < 4.78 is 0. The SMILES string of the molecule is CC1(C)c2ccc(CCCl)cc2CC1CC(N)=O. The molecule has 3 heteroatoms. The van der Waals surface area contributed by atoms with Crippen LogP contribution in [0.5, 0.6) is 0 Å². The van der Waals surface area contributed by atoms with Crippen molar-refractivity contribution in [1.82, 2.24) is 0 Å². The Bertz CT molecular complexity index is 468. The monoisotopic (exact) mass is 265 g/mol. The smallest absolute Gasteiger partial charge is 0.217 e. The predicted molar refractivity (Wildman–Crippen MR) is 74.9 cm³/mol. The van der Waals surface area contributed by atoms with Crippen molar-refractivity contribution in [3.05, 3.63) is 34.9 Å². The van der Waals surface area contributed by atoms with E-state index in [0.29, 0.717) is 18.2 Å². The van der Waals surface area contributed by atoms with Gasteiger partial charge in [0.1, 0.15) is 0 Å². The van der Waals surface area contributed by atoms with Gasteiger partial charge in [0.15, 0.2) is 0 Å². The number of nitrogens with two attached hydrogens (primary N) is 1. The van der Waals surface area contributed by atoms with Crippen LogP contribution in [0.2, 0.25) is 0 Å². The highest BCUT2D eigenvalue weighted by Crippen LogP contribution is 2.44. The minimum Gasteiger partial charge on any atom is -0.370 e. The van der Waals surface area contributed by atoms with E-state index in [1.807, 2.05) is 0 Å². The summed E-state index contributed by atoms with van der Waals surface area (Å²) in [5.74, 6) is 0.755. The summed E-state index contributed by atoms with van der Waals surface area (Å²) in [6, 6.07) is 6.58. The molecule has 1 atom stereocenters. The summed E-state index contributed by atoms with van der Waals surface area (Å²) in [7, 11) is 0. The molecule has 0 fully saturated rings. The highest BCUT2D eigenvalue weighted by atomic mass is 35.5. The van der Waals surface area contributed by atoms with E-state index in [2.05, 4.69) is 32.0 Å². The zero-order chi connectivity index (χ0) is 13.3. The lowest BCUT2D eigenvalue weighted by Crippen LogP contribution is -2.28. The van der Waals surface area contributed by atoms with Crippen LogP contribution in [0.15, 0.2) is 18.2 Å². The average Bonchev–Trinajstić information content (AvgIpc) is 2.50. The molecule has 0 heterocycles. The first kappa shape index (κ1) is 13.4. The van der Waals surface area contributed by atoms with Crippen molar-refractivity contribution in [3.63, 3.8) is 0 Å². The van der Waals surface area contributed by atoms with Crippen molar-refractivity contribution in [1.29, 1.82) is 0 Å². The van der Waals surface area contributed by atoms with Gasteiger partial charge < -0.3 is 5.73 Å². The van der Waals surface area contributed by atoms with Gasteiger partial charge in [0.05, 0.1) is 0 Å². The molecule has 0 spiro atoms. The number of rotatable bonds is 4. The van der Waals surface area contributed by atoms with Crippen molar-refractivity contribution in [2.24, 2.45) is 11.7 Å². The van der Waals surface area contributed by atoms with Crippen molar-refractivity contribution in [2.75, 3.05) is 5.88 Å². The maximum atomic E-state index is 11.2. The second-order valence-electron chi connectivity index (χ2n) is 5.72. The van der Waals surface area contributed by atoms with E-state index in [4.69, 9.17) is 17.3 Å². The molecule has 98 valence electrons. The minimum atomic E-state index is -0.207. The molecule has 1 aromatic carbocycles. The van der Waals surface area contributed by atoms with Crippen LogP contribution < -0.4 is 5.73 Å². The molecule has 1 aliphatic carbocycles. The zero-order valence-electron chi connectivity index (χ0n) is 11.0. The first-order valence-corrected chi connectivity index (χ1v) is 6.95. The number of fused-ring (bicyclic) bond motifs is 1. The van der Waals surface area contributed by atoms with Gasteiger partial charge in [-0.2, -0.15) is 0 Å². The van der Waals surface area contributed by atoms with Gasteiger partial charge in [-0.1, -0.05) is 32.0 Å². The summed E-state index contributed by atoms with van der Waals surface area (Å²) in [6.07, 6.45) is 2.31. The highest BCUT2D eigenvalue weighted by Gasteiger charge is 2.39. The van der Waals surface area contributed by atoms with Crippen LogP contribution in [-0.4, -0.2) is 11.8 Å². The van der Waals surface area contributed by atoms with E-state index < -0.39 is 0 Å². The first-order chi connectivity index (χ1) is 8.45. The third-order valence-electron chi connectivity index (χ3n) is 4.18. The fraction of sp³-hybridized carbons (Fsp3) is 0.533. The number of carbonyl (C=O) groups excluding carboxylic acids is 1. The van der Waals surface area contributed by atoms with Crippen molar-refractivity contribution in [2.45, 2.75) is 38.5 Å². The minimum absolute atomic E-state index is 0.0316. The number of hydrogen-bond donors (Lipinski definition) is 1. The lowest BCUT2D eigenvalue weighted by atomic mass is 9.77. The summed E-state index contributed by atoms with van der Waals surface area (Å²) in [4.78, 5) is 11.2. The third kappa shape index (κ3) is 2.39. The number of amides is 1. The second-order valence-corrected chi connectivity index (χ2v) is 6.10. The average molecular weight is 266 g/mol. The maximum Gasteiger partial charge on any atom is 0.217 e. The van der Waals surface area contributed by atoms with Crippen LogP contribution in [0.4, 0.5) is 0 Å². The second kappa shape index (κ2) is 4.93. The quantitative estimate of drug-likeness (QED) is 0.836. The molecule has 18 heavy (non-hydrogen) atoms. The number of benzene rings is 1. The molecule has 0 bridgehead atoms. The predicted octanol–water partition coefficient (Wildman–Crippen LogP) is 2.79. The Morgan fingerprint density at radius 2 is 2.22 bits per heavy atom. The van der Waals surface area contributed by atoms with Gasteiger partial charge in [-0.05, 0) is 40.9 Å².